The van der Waals surface area contributed by atoms with E-state index in [2.05, 4.69) is 33.2 Å². The Hall–Kier alpha value is -2.12. The maximum Gasteiger partial charge on any atom is 0.320 e. The first kappa shape index (κ1) is 31.9. The van der Waals surface area contributed by atoms with E-state index in [1.54, 1.807) is 13.8 Å². The van der Waals surface area contributed by atoms with Crippen LogP contribution in [0.25, 0.3) is 0 Å². The van der Waals surface area contributed by atoms with Gasteiger partial charge in [-0.15, -0.1) is 0 Å². The number of quaternary nitrogens is 1. The highest BCUT2D eigenvalue weighted by atomic mass is 16.6. The minimum atomic E-state index is -0.881. The smallest absolute Gasteiger partial charge is 0.320 e. The predicted molar refractivity (Wildman–Crippen MR) is 143 cm³/mol. The zero-order chi connectivity index (χ0) is 26.7. The number of rotatable bonds is 21. The highest BCUT2D eigenvalue weighted by Crippen LogP contribution is 2.16. The second kappa shape index (κ2) is 19.1. The van der Waals surface area contributed by atoms with E-state index in [0.717, 1.165) is 18.7 Å². The van der Waals surface area contributed by atoms with E-state index in [1.165, 1.54) is 44.1 Å². The van der Waals surface area contributed by atoms with Crippen molar-refractivity contribution < 1.29 is 33.0 Å². The molecule has 7 nitrogen and oxygen atoms in total. The number of ether oxygens (including phenoxy) is 4. The van der Waals surface area contributed by atoms with Gasteiger partial charge in [0.25, 0.3) is 0 Å². The van der Waals surface area contributed by atoms with Gasteiger partial charge in [0.2, 0.25) is 0 Å². The summed E-state index contributed by atoms with van der Waals surface area (Å²) in [4.78, 5) is 24.3. The second-order valence-corrected chi connectivity index (χ2v) is 9.85. The monoisotopic (exact) mass is 508 g/mol. The standard InChI is InChI=1S/C29H50NO6/c1-6-9-10-11-12-13-14-25-15-17-26(18-16-25)36-24-23-33-22-21-30(4,5)20-19-27(28(31)34-7-2)29(32)35-8-3/h15-18,27H,6-14,19-24H2,1-5H3/q+1. The van der Waals surface area contributed by atoms with E-state index in [1.807, 2.05) is 12.1 Å². The number of hydrogen-bond acceptors (Lipinski definition) is 6. The summed E-state index contributed by atoms with van der Waals surface area (Å²) in [6.07, 6.45) is 9.40. The summed E-state index contributed by atoms with van der Waals surface area (Å²) in [5, 5.41) is 0. The SMILES string of the molecule is CCCCCCCCc1ccc(OCCOCC[N+](C)(C)CCC(C(=O)OCC)C(=O)OCC)cc1. The summed E-state index contributed by atoms with van der Waals surface area (Å²) in [6.45, 7) is 9.15. The van der Waals surface area contributed by atoms with Gasteiger partial charge < -0.3 is 23.4 Å². The van der Waals surface area contributed by atoms with Crippen molar-refractivity contribution in [3.05, 3.63) is 29.8 Å². The lowest BCUT2D eigenvalue weighted by molar-refractivity contribution is -0.891. The largest absolute Gasteiger partial charge is 0.491 e. The van der Waals surface area contributed by atoms with Gasteiger partial charge in [0.05, 0.1) is 47.1 Å². The second-order valence-electron chi connectivity index (χ2n) is 9.85. The highest BCUT2D eigenvalue weighted by Gasteiger charge is 2.32. The van der Waals surface area contributed by atoms with Gasteiger partial charge in [-0.25, -0.2) is 0 Å². The van der Waals surface area contributed by atoms with Gasteiger partial charge in [0, 0.05) is 6.42 Å². The number of hydrogen-bond donors (Lipinski definition) is 0. The molecule has 0 N–H and O–H groups in total. The fraction of sp³-hybridized carbons (Fsp3) is 0.724. The van der Waals surface area contributed by atoms with E-state index in [9.17, 15) is 9.59 Å². The zero-order valence-electron chi connectivity index (χ0n) is 23.4. The topological polar surface area (TPSA) is 71.1 Å². The summed E-state index contributed by atoms with van der Waals surface area (Å²) < 4.78 is 22.3. The molecule has 0 unspecified atom stereocenters. The van der Waals surface area contributed by atoms with Gasteiger partial charge in [-0.05, 0) is 44.4 Å². The Morgan fingerprint density at radius 3 is 2.00 bits per heavy atom. The van der Waals surface area contributed by atoms with Crippen LogP contribution in [0.2, 0.25) is 0 Å². The minimum Gasteiger partial charge on any atom is -0.491 e. The fourth-order valence-electron chi connectivity index (χ4n) is 3.90. The summed E-state index contributed by atoms with van der Waals surface area (Å²) in [6, 6.07) is 8.38. The molecule has 0 amide bonds. The van der Waals surface area contributed by atoms with E-state index < -0.39 is 17.9 Å². The molecule has 0 heterocycles. The van der Waals surface area contributed by atoms with Crippen LogP contribution >= 0.6 is 0 Å². The number of nitrogens with zero attached hydrogens (tertiary/aromatic N) is 1. The van der Waals surface area contributed by atoms with E-state index in [4.69, 9.17) is 18.9 Å². The number of carbonyl (C=O) groups is 2. The quantitative estimate of drug-likeness (QED) is 0.0985. The summed E-state index contributed by atoms with van der Waals surface area (Å²) in [5.74, 6) is -1.04. The summed E-state index contributed by atoms with van der Waals surface area (Å²) in [7, 11) is 4.11. The number of unbranched alkanes of at least 4 members (excludes halogenated alkanes) is 5. The molecule has 0 aliphatic carbocycles. The van der Waals surface area contributed by atoms with Crippen LogP contribution < -0.4 is 4.74 Å². The average molecular weight is 509 g/mol. The first-order chi connectivity index (χ1) is 17.3. The van der Waals surface area contributed by atoms with Crippen LogP contribution in [0, 0.1) is 5.92 Å². The summed E-state index contributed by atoms with van der Waals surface area (Å²) in [5.41, 5.74) is 1.36. The molecule has 1 rings (SSSR count). The first-order valence-corrected chi connectivity index (χ1v) is 13.8. The molecule has 0 saturated heterocycles. The first-order valence-electron chi connectivity index (χ1n) is 13.8. The van der Waals surface area contributed by atoms with Crippen LogP contribution in [0.5, 0.6) is 5.75 Å². The number of carbonyl (C=O) groups excluding carboxylic acids is 2. The predicted octanol–water partition coefficient (Wildman–Crippen LogP) is 5.19. The Balaban J connectivity index is 2.24. The van der Waals surface area contributed by atoms with Gasteiger partial charge in [-0.1, -0.05) is 51.2 Å². The number of likely N-dealkylation sites (N-methyl/N-ethyl adjacent to an activating group) is 1. The molecule has 0 bridgehead atoms. The highest BCUT2D eigenvalue weighted by molar-refractivity contribution is 5.94. The number of benzene rings is 1. The van der Waals surface area contributed by atoms with Gasteiger partial charge in [-0.2, -0.15) is 0 Å². The molecule has 0 fully saturated rings. The molecule has 206 valence electrons. The van der Waals surface area contributed by atoms with Crippen molar-refractivity contribution in [2.24, 2.45) is 5.92 Å². The lowest BCUT2D eigenvalue weighted by Crippen LogP contribution is -2.45. The van der Waals surface area contributed by atoms with Crippen LogP contribution in [0.15, 0.2) is 24.3 Å². The Labute approximate surface area is 219 Å². The molecule has 0 spiro atoms. The molecule has 36 heavy (non-hydrogen) atoms. The molecule has 0 saturated carbocycles. The van der Waals surface area contributed by atoms with Crippen molar-refractivity contribution in [2.75, 3.05) is 60.2 Å². The van der Waals surface area contributed by atoms with E-state index in [0.29, 0.717) is 37.3 Å². The van der Waals surface area contributed by atoms with Gasteiger partial charge in [0.1, 0.15) is 18.9 Å². The van der Waals surface area contributed by atoms with Crippen LogP contribution in [-0.4, -0.2) is 76.6 Å². The van der Waals surface area contributed by atoms with Gasteiger partial charge in [0.15, 0.2) is 5.92 Å². The van der Waals surface area contributed by atoms with Crippen molar-refractivity contribution in [3.63, 3.8) is 0 Å². The maximum absolute atomic E-state index is 12.2. The molecule has 0 radical (unpaired) electrons. The lowest BCUT2D eigenvalue weighted by atomic mass is 10.0. The van der Waals surface area contributed by atoms with Crippen LogP contribution in [0.1, 0.15) is 71.3 Å². The number of esters is 2. The van der Waals surface area contributed by atoms with Crippen molar-refractivity contribution in [3.8, 4) is 5.75 Å². The van der Waals surface area contributed by atoms with Crippen LogP contribution in [0.3, 0.4) is 0 Å². The third-order valence-corrected chi connectivity index (χ3v) is 6.25. The molecule has 7 heteroatoms. The van der Waals surface area contributed by atoms with Crippen molar-refractivity contribution in [1.82, 2.24) is 0 Å². The Bertz CT molecular complexity index is 701. The molecule has 0 aliphatic rings. The van der Waals surface area contributed by atoms with Gasteiger partial charge in [-0.3, -0.25) is 9.59 Å². The molecule has 1 aromatic rings. The average Bonchev–Trinajstić information content (AvgIpc) is 2.84. The van der Waals surface area contributed by atoms with Gasteiger partial charge >= 0.3 is 11.9 Å². The zero-order valence-corrected chi connectivity index (χ0v) is 23.4. The van der Waals surface area contributed by atoms with Crippen molar-refractivity contribution in [1.29, 1.82) is 0 Å². The lowest BCUT2D eigenvalue weighted by Gasteiger charge is -2.30. The molecule has 0 atom stereocenters. The Kier molecular flexibility index (Phi) is 16.9. The van der Waals surface area contributed by atoms with Crippen LogP contribution in [0.4, 0.5) is 0 Å². The molecule has 1 aromatic carbocycles. The Morgan fingerprint density at radius 1 is 0.778 bits per heavy atom. The third kappa shape index (κ3) is 14.4. The normalized spacial score (nSPS) is 11.5. The third-order valence-electron chi connectivity index (χ3n) is 6.25. The van der Waals surface area contributed by atoms with Crippen molar-refractivity contribution >= 4 is 11.9 Å². The minimum absolute atomic E-state index is 0.242. The molecule has 0 aromatic heterocycles. The molecular formula is C29H50NO6+. The maximum atomic E-state index is 12.2. The fourth-order valence-corrected chi connectivity index (χ4v) is 3.90. The Morgan fingerprint density at radius 2 is 1.39 bits per heavy atom. The van der Waals surface area contributed by atoms with Crippen LogP contribution in [-0.2, 0) is 30.2 Å². The van der Waals surface area contributed by atoms with Crippen molar-refractivity contribution in [2.45, 2.75) is 72.1 Å². The summed E-state index contributed by atoms with van der Waals surface area (Å²) >= 11 is 0. The molecular weight excluding hydrogens is 458 g/mol. The van der Waals surface area contributed by atoms with E-state index >= 15 is 0 Å². The molecule has 0 aliphatic heterocycles. The van der Waals surface area contributed by atoms with E-state index in [-0.39, 0.29) is 13.2 Å². The number of aryl methyl sites for hydroxylation is 1.